The van der Waals surface area contributed by atoms with Crippen LogP contribution in [0.25, 0.3) is 0 Å². The first-order valence-electron chi connectivity index (χ1n) is 6.92. The number of hydrogen-bond donors (Lipinski definition) is 1. The largest absolute Gasteiger partial charge is 0.490 e. The van der Waals surface area contributed by atoms with E-state index in [-0.39, 0.29) is 0 Å². The average molecular weight is 249 g/mol. The van der Waals surface area contributed by atoms with Gasteiger partial charge in [-0.15, -0.1) is 0 Å². The van der Waals surface area contributed by atoms with Crippen LogP contribution in [0.15, 0.2) is 18.2 Å². The highest BCUT2D eigenvalue weighted by molar-refractivity contribution is 5.44. The Morgan fingerprint density at radius 2 is 2.00 bits per heavy atom. The number of nitrogens with one attached hydrogen (secondary N) is 1. The van der Waals surface area contributed by atoms with Gasteiger partial charge < -0.3 is 14.8 Å². The Labute approximate surface area is 109 Å². The molecule has 1 aliphatic heterocycles. The summed E-state index contributed by atoms with van der Waals surface area (Å²) in [5.74, 6) is 1.77. The van der Waals surface area contributed by atoms with Crippen LogP contribution in [-0.4, -0.2) is 20.3 Å². The first kappa shape index (κ1) is 13.2. The highest BCUT2D eigenvalue weighted by Crippen LogP contribution is 2.33. The Morgan fingerprint density at radius 3 is 2.72 bits per heavy atom. The van der Waals surface area contributed by atoms with Gasteiger partial charge in [-0.05, 0) is 31.2 Å². The molecule has 0 saturated carbocycles. The number of unbranched alkanes of at least 4 members (excludes halogenated alkanes) is 1. The van der Waals surface area contributed by atoms with Crippen LogP contribution in [0.1, 0.15) is 44.2 Å². The van der Waals surface area contributed by atoms with Gasteiger partial charge in [0.15, 0.2) is 11.5 Å². The molecule has 1 heterocycles. The lowest BCUT2D eigenvalue weighted by molar-refractivity contribution is 0.297. The zero-order valence-corrected chi connectivity index (χ0v) is 11.4. The minimum absolute atomic E-state index is 0.405. The third-order valence-corrected chi connectivity index (χ3v) is 3.37. The molecule has 0 amide bonds. The minimum Gasteiger partial charge on any atom is -0.490 e. The molecule has 0 aliphatic carbocycles. The fourth-order valence-corrected chi connectivity index (χ4v) is 2.28. The molecule has 100 valence electrons. The molecule has 0 aromatic heterocycles. The lowest BCUT2D eigenvalue weighted by Crippen LogP contribution is -2.16. The van der Waals surface area contributed by atoms with Crippen molar-refractivity contribution in [2.24, 2.45) is 0 Å². The molecular weight excluding hydrogens is 226 g/mol. The summed E-state index contributed by atoms with van der Waals surface area (Å²) in [5, 5.41) is 3.38. The van der Waals surface area contributed by atoms with Gasteiger partial charge in [-0.25, -0.2) is 0 Å². The van der Waals surface area contributed by atoms with Gasteiger partial charge in [0.2, 0.25) is 0 Å². The van der Waals surface area contributed by atoms with Gasteiger partial charge in [0.25, 0.3) is 0 Å². The van der Waals surface area contributed by atoms with Crippen LogP contribution in [0.5, 0.6) is 11.5 Å². The predicted molar refractivity (Wildman–Crippen MR) is 73.4 cm³/mol. The third kappa shape index (κ3) is 3.16. The number of benzene rings is 1. The zero-order chi connectivity index (χ0) is 12.8. The summed E-state index contributed by atoms with van der Waals surface area (Å²) in [6, 6.07) is 6.70. The van der Waals surface area contributed by atoms with Gasteiger partial charge in [0, 0.05) is 12.5 Å². The van der Waals surface area contributed by atoms with Gasteiger partial charge in [-0.3, -0.25) is 0 Å². The van der Waals surface area contributed by atoms with Gasteiger partial charge in [0.05, 0.1) is 13.2 Å². The standard InChI is InChI=1S/C15H23NO2/c1-3-4-6-13(16-2)12-7-8-14-15(11-12)18-10-5-9-17-14/h7-8,11,13,16H,3-6,9-10H2,1-2H3. The van der Waals surface area contributed by atoms with Crippen LogP contribution in [0.4, 0.5) is 0 Å². The lowest BCUT2D eigenvalue weighted by atomic mass is 10.0. The molecule has 1 aliphatic rings. The van der Waals surface area contributed by atoms with Crippen molar-refractivity contribution in [2.75, 3.05) is 20.3 Å². The Morgan fingerprint density at radius 1 is 1.22 bits per heavy atom. The number of fused-ring (bicyclic) bond motifs is 1. The average Bonchev–Trinajstić information content (AvgIpc) is 2.64. The minimum atomic E-state index is 0.405. The van der Waals surface area contributed by atoms with Crippen LogP contribution in [0, 0.1) is 0 Å². The van der Waals surface area contributed by atoms with Crippen molar-refractivity contribution in [3.63, 3.8) is 0 Å². The van der Waals surface area contributed by atoms with Crippen LogP contribution < -0.4 is 14.8 Å². The Hall–Kier alpha value is -1.22. The van der Waals surface area contributed by atoms with E-state index in [9.17, 15) is 0 Å². The van der Waals surface area contributed by atoms with E-state index in [1.54, 1.807) is 0 Å². The summed E-state index contributed by atoms with van der Waals surface area (Å²) >= 11 is 0. The zero-order valence-electron chi connectivity index (χ0n) is 11.4. The molecule has 1 N–H and O–H groups in total. The maximum atomic E-state index is 5.74. The predicted octanol–water partition coefficient (Wildman–Crippen LogP) is 3.30. The second kappa shape index (κ2) is 6.64. The molecule has 3 nitrogen and oxygen atoms in total. The summed E-state index contributed by atoms with van der Waals surface area (Å²) in [4.78, 5) is 0. The highest BCUT2D eigenvalue weighted by atomic mass is 16.5. The lowest BCUT2D eigenvalue weighted by Gasteiger charge is -2.18. The van der Waals surface area contributed by atoms with Crippen molar-refractivity contribution >= 4 is 0 Å². The van der Waals surface area contributed by atoms with Crippen LogP contribution in [-0.2, 0) is 0 Å². The van der Waals surface area contributed by atoms with Crippen molar-refractivity contribution in [1.82, 2.24) is 5.32 Å². The Bertz CT molecular complexity index is 379. The second-order valence-corrected chi connectivity index (χ2v) is 4.74. The molecule has 1 unspecified atom stereocenters. The summed E-state index contributed by atoms with van der Waals surface area (Å²) in [6.07, 6.45) is 4.57. The van der Waals surface area contributed by atoms with Crippen LogP contribution >= 0.6 is 0 Å². The van der Waals surface area contributed by atoms with Crippen molar-refractivity contribution in [1.29, 1.82) is 0 Å². The molecule has 18 heavy (non-hydrogen) atoms. The molecule has 0 radical (unpaired) electrons. The van der Waals surface area contributed by atoms with E-state index in [1.165, 1.54) is 18.4 Å². The van der Waals surface area contributed by atoms with Gasteiger partial charge in [-0.2, -0.15) is 0 Å². The summed E-state index contributed by atoms with van der Waals surface area (Å²) < 4.78 is 11.4. The first-order chi connectivity index (χ1) is 8.85. The molecule has 3 heteroatoms. The van der Waals surface area contributed by atoms with Crippen molar-refractivity contribution in [3.8, 4) is 11.5 Å². The van der Waals surface area contributed by atoms with E-state index in [0.29, 0.717) is 6.04 Å². The molecule has 0 saturated heterocycles. The Balaban J connectivity index is 2.15. The summed E-state index contributed by atoms with van der Waals surface area (Å²) in [7, 11) is 2.02. The fourth-order valence-electron chi connectivity index (χ4n) is 2.28. The molecule has 0 spiro atoms. The van der Waals surface area contributed by atoms with Crippen molar-refractivity contribution in [2.45, 2.75) is 38.6 Å². The highest BCUT2D eigenvalue weighted by Gasteiger charge is 2.14. The molecular formula is C15H23NO2. The molecule has 1 aromatic rings. The number of ether oxygens (including phenoxy) is 2. The molecule has 0 fully saturated rings. The maximum absolute atomic E-state index is 5.74. The fraction of sp³-hybridized carbons (Fsp3) is 0.600. The number of rotatable bonds is 5. The Kier molecular flexibility index (Phi) is 4.88. The summed E-state index contributed by atoms with van der Waals surface area (Å²) in [5.41, 5.74) is 1.29. The maximum Gasteiger partial charge on any atom is 0.161 e. The van der Waals surface area contributed by atoms with Crippen molar-refractivity contribution in [3.05, 3.63) is 23.8 Å². The topological polar surface area (TPSA) is 30.5 Å². The number of hydrogen-bond acceptors (Lipinski definition) is 3. The second-order valence-electron chi connectivity index (χ2n) is 4.74. The summed E-state index contributed by atoms with van der Waals surface area (Å²) in [6.45, 7) is 3.72. The van der Waals surface area contributed by atoms with E-state index in [2.05, 4.69) is 24.4 Å². The third-order valence-electron chi connectivity index (χ3n) is 3.37. The van der Waals surface area contributed by atoms with Crippen LogP contribution in [0.3, 0.4) is 0 Å². The van der Waals surface area contributed by atoms with Gasteiger partial charge in [0.1, 0.15) is 0 Å². The van der Waals surface area contributed by atoms with E-state index in [0.717, 1.165) is 37.6 Å². The van der Waals surface area contributed by atoms with Crippen LogP contribution in [0.2, 0.25) is 0 Å². The van der Waals surface area contributed by atoms with E-state index >= 15 is 0 Å². The molecule has 2 rings (SSSR count). The van der Waals surface area contributed by atoms with E-state index in [1.807, 2.05) is 13.1 Å². The van der Waals surface area contributed by atoms with E-state index in [4.69, 9.17) is 9.47 Å². The molecule has 1 atom stereocenters. The first-order valence-corrected chi connectivity index (χ1v) is 6.92. The van der Waals surface area contributed by atoms with Gasteiger partial charge >= 0.3 is 0 Å². The quantitative estimate of drug-likeness (QED) is 0.868. The smallest absolute Gasteiger partial charge is 0.161 e. The molecule has 1 aromatic carbocycles. The van der Waals surface area contributed by atoms with E-state index < -0.39 is 0 Å². The SMILES string of the molecule is CCCCC(NC)c1ccc2c(c1)OCCCO2. The normalized spacial score (nSPS) is 16.1. The van der Waals surface area contributed by atoms with Crippen molar-refractivity contribution < 1.29 is 9.47 Å². The van der Waals surface area contributed by atoms with Gasteiger partial charge in [-0.1, -0.05) is 25.8 Å². The monoisotopic (exact) mass is 249 g/mol. The molecule has 0 bridgehead atoms.